The predicted octanol–water partition coefficient (Wildman–Crippen LogP) is 2.87. The maximum atomic E-state index is 12.2. The van der Waals surface area contributed by atoms with Crippen LogP contribution in [0.3, 0.4) is 0 Å². The molecule has 110 valence electrons. The number of halogens is 1. The lowest BCUT2D eigenvalue weighted by Crippen LogP contribution is -2.28. The molecule has 2 N–H and O–H groups in total. The molecule has 1 aromatic rings. The largest absolute Gasteiger partial charge is 0.350 e. The Morgan fingerprint density at radius 3 is 3.00 bits per heavy atom. The van der Waals surface area contributed by atoms with E-state index < -0.39 is 0 Å². The van der Waals surface area contributed by atoms with Gasteiger partial charge in [-0.2, -0.15) is 0 Å². The Balaban J connectivity index is 1.90. The third-order valence-corrected chi connectivity index (χ3v) is 3.93. The van der Waals surface area contributed by atoms with E-state index >= 15 is 0 Å². The van der Waals surface area contributed by atoms with Crippen molar-refractivity contribution in [3.05, 3.63) is 34.1 Å². The summed E-state index contributed by atoms with van der Waals surface area (Å²) in [4.78, 5) is 12.2. The Morgan fingerprint density at radius 2 is 2.35 bits per heavy atom. The number of rotatable bonds is 5. The Morgan fingerprint density at radius 1 is 1.55 bits per heavy atom. The number of hydrogen-bond donors (Lipinski definition) is 2. The minimum atomic E-state index is -0.000987. The highest BCUT2D eigenvalue weighted by Gasteiger charge is 2.14. The topological polar surface area (TPSA) is 46.1 Å². The van der Waals surface area contributed by atoms with Crippen LogP contribution >= 0.6 is 15.9 Å². The second kappa shape index (κ2) is 7.09. The van der Waals surface area contributed by atoms with Crippen molar-refractivity contribution in [2.24, 2.45) is 0 Å². The van der Waals surface area contributed by atoms with Gasteiger partial charge in [0.05, 0.1) is 0 Å². The summed E-state index contributed by atoms with van der Waals surface area (Å²) < 4.78 is 2.93. The summed E-state index contributed by atoms with van der Waals surface area (Å²) in [6.07, 6.45) is 6.21. The van der Waals surface area contributed by atoms with Gasteiger partial charge in [0.15, 0.2) is 0 Å². The van der Waals surface area contributed by atoms with Crippen LogP contribution in [0.25, 0.3) is 0 Å². The van der Waals surface area contributed by atoms with Crippen molar-refractivity contribution in [3.63, 3.8) is 0 Å². The van der Waals surface area contributed by atoms with Gasteiger partial charge < -0.3 is 15.2 Å². The molecule has 0 unspecified atom stereocenters. The van der Waals surface area contributed by atoms with Crippen molar-refractivity contribution in [1.29, 1.82) is 0 Å². The first-order valence-corrected chi connectivity index (χ1v) is 7.91. The second-order valence-corrected chi connectivity index (χ2v) is 6.28. The van der Waals surface area contributed by atoms with E-state index in [1.54, 1.807) is 0 Å². The van der Waals surface area contributed by atoms with Gasteiger partial charge in [-0.3, -0.25) is 4.79 Å². The molecule has 0 atom stereocenters. The van der Waals surface area contributed by atoms with Crippen molar-refractivity contribution in [1.82, 2.24) is 15.2 Å². The van der Waals surface area contributed by atoms with Crippen LogP contribution in [0.1, 0.15) is 43.2 Å². The zero-order valence-electron chi connectivity index (χ0n) is 12.1. The van der Waals surface area contributed by atoms with Crippen LogP contribution in [-0.2, 0) is 0 Å². The fourth-order valence-corrected chi connectivity index (χ4v) is 2.82. The molecular formula is C15H22BrN3O. The number of nitrogens with zero attached hydrogens (tertiary/aromatic N) is 1. The SMILES string of the molecule is CC(C)n1cc(Br)cc1C(=O)NCCC1=CCNCC1. The molecule has 20 heavy (non-hydrogen) atoms. The van der Waals surface area contributed by atoms with Crippen molar-refractivity contribution in [2.45, 2.75) is 32.7 Å². The maximum Gasteiger partial charge on any atom is 0.267 e. The van der Waals surface area contributed by atoms with Gasteiger partial charge in [-0.25, -0.2) is 0 Å². The minimum Gasteiger partial charge on any atom is -0.350 e. The molecule has 5 heteroatoms. The molecule has 0 aromatic carbocycles. The summed E-state index contributed by atoms with van der Waals surface area (Å²) in [7, 11) is 0. The number of aromatic nitrogens is 1. The quantitative estimate of drug-likeness (QED) is 0.810. The molecule has 0 aliphatic carbocycles. The Hall–Kier alpha value is -1.07. The summed E-state index contributed by atoms with van der Waals surface area (Å²) in [5, 5.41) is 6.30. The lowest BCUT2D eigenvalue weighted by Gasteiger charge is -2.15. The maximum absolute atomic E-state index is 12.2. The highest BCUT2D eigenvalue weighted by Crippen LogP contribution is 2.19. The van der Waals surface area contributed by atoms with Crippen LogP contribution < -0.4 is 10.6 Å². The summed E-state index contributed by atoms with van der Waals surface area (Å²) in [5.41, 5.74) is 2.15. The molecule has 2 heterocycles. The number of hydrogen-bond acceptors (Lipinski definition) is 2. The van der Waals surface area contributed by atoms with Crippen molar-refractivity contribution in [3.8, 4) is 0 Å². The van der Waals surface area contributed by atoms with E-state index in [0.29, 0.717) is 12.2 Å². The molecule has 0 bridgehead atoms. The lowest BCUT2D eigenvalue weighted by atomic mass is 10.1. The molecule has 4 nitrogen and oxygen atoms in total. The number of amides is 1. The highest BCUT2D eigenvalue weighted by atomic mass is 79.9. The van der Waals surface area contributed by atoms with Crippen LogP contribution in [0.4, 0.5) is 0 Å². The zero-order valence-corrected chi connectivity index (χ0v) is 13.7. The van der Waals surface area contributed by atoms with Gasteiger partial charge in [0, 0.05) is 29.8 Å². The monoisotopic (exact) mass is 339 g/mol. The summed E-state index contributed by atoms with van der Waals surface area (Å²) in [6, 6.07) is 2.15. The first kappa shape index (κ1) is 15.3. The standard InChI is InChI=1S/C15H22BrN3O/c1-11(2)19-10-13(16)9-14(19)15(20)18-8-5-12-3-6-17-7-4-12/h3,9-11,17H,4-8H2,1-2H3,(H,18,20). The second-order valence-electron chi connectivity index (χ2n) is 5.37. The van der Waals surface area contributed by atoms with Crippen LogP contribution in [-0.4, -0.2) is 30.1 Å². The first-order chi connectivity index (χ1) is 9.58. The number of carbonyl (C=O) groups is 1. The minimum absolute atomic E-state index is 0.000987. The van der Waals surface area contributed by atoms with E-state index in [2.05, 4.69) is 46.5 Å². The molecule has 0 fully saturated rings. The molecule has 1 aliphatic rings. The molecule has 0 saturated heterocycles. The number of nitrogens with one attached hydrogen (secondary N) is 2. The zero-order chi connectivity index (χ0) is 14.5. The summed E-state index contributed by atoms with van der Waals surface area (Å²) in [6.45, 7) is 6.84. The van der Waals surface area contributed by atoms with Crippen molar-refractivity contribution in [2.75, 3.05) is 19.6 Å². The Kier molecular flexibility index (Phi) is 5.43. The highest BCUT2D eigenvalue weighted by molar-refractivity contribution is 9.10. The van der Waals surface area contributed by atoms with Crippen LogP contribution in [0.2, 0.25) is 0 Å². The molecular weight excluding hydrogens is 318 g/mol. The van der Waals surface area contributed by atoms with E-state index in [4.69, 9.17) is 0 Å². The molecule has 0 spiro atoms. The molecule has 1 aromatic heterocycles. The average Bonchev–Trinajstić information content (AvgIpc) is 2.82. The van der Waals surface area contributed by atoms with Crippen LogP contribution in [0.5, 0.6) is 0 Å². The van der Waals surface area contributed by atoms with Crippen LogP contribution in [0.15, 0.2) is 28.4 Å². The fraction of sp³-hybridized carbons (Fsp3) is 0.533. The fourth-order valence-electron chi connectivity index (χ4n) is 2.38. The van der Waals surface area contributed by atoms with Gasteiger partial charge in [-0.15, -0.1) is 0 Å². The van der Waals surface area contributed by atoms with Crippen molar-refractivity contribution < 1.29 is 4.79 Å². The van der Waals surface area contributed by atoms with E-state index in [0.717, 1.165) is 30.4 Å². The van der Waals surface area contributed by atoms with E-state index in [1.165, 1.54) is 5.57 Å². The lowest BCUT2D eigenvalue weighted by molar-refractivity contribution is 0.0943. The van der Waals surface area contributed by atoms with Crippen LogP contribution in [0, 0.1) is 0 Å². The Bertz CT molecular complexity index is 505. The third kappa shape index (κ3) is 3.96. The molecule has 0 saturated carbocycles. The predicted molar refractivity (Wildman–Crippen MR) is 85.0 cm³/mol. The van der Waals surface area contributed by atoms with Gasteiger partial charge in [0.2, 0.25) is 0 Å². The molecule has 1 amide bonds. The third-order valence-electron chi connectivity index (χ3n) is 3.49. The first-order valence-electron chi connectivity index (χ1n) is 7.12. The molecule has 0 radical (unpaired) electrons. The van der Waals surface area contributed by atoms with E-state index in [1.807, 2.05) is 16.8 Å². The summed E-state index contributed by atoms with van der Waals surface area (Å²) >= 11 is 3.43. The molecule has 2 rings (SSSR count). The van der Waals surface area contributed by atoms with Gasteiger partial charge in [-0.05, 0) is 55.2 Å². The van der Waals surface area contributed by atoms with Gasteiger partial charge in [-0.1, -0.05) is 11.6 Å². The summed E-state index contributed by atoms with van der Waals surface area (Å²) in [5.74, 6) is -0.000987. The van der Waals surface area contributed by atoms with Gasteiger partial charge in [0.25, 0.3) is 5.91 Å². The Labute approximate surface area is 128 Å². The van der Waals surface area contributed by atoms with E-state index in [-0.39, 0.29) is 11.9 Å². The van der Waals surface area contributed by atoms with Crippen molar-refractivity contribution >= 4 is 21.8 Å². The smallest absolute Gasteiger partial charge is 0.267 e. The van der Waals surface area contributed by atoms with E-state index in [9.17, 15) is 4.79 Å². The molecule has 1 aliphatic heterocycles. The normalized spacial score (nSPS) is 15.3. The van der Waals surface area contributed by atoms with Gasteiger partial charge in [0.1, 0.15) is 5.69 Å². The average molecular weight is 340 g/mol. The van der Waals surface area contributed by atoms with Gasteiger partial charge >= 0.3 is 0 Å². The number of carbonyl (C=O) groups excluding carboxylic acids is 1.